The first-order valence-electron chi connectivity index (χ1n) is 32.5. The Morgan fingerprint density at radius 1 is 0.521 bits per heavy atom. The van der Waals surface area contributed by atoms with Gasteiger partial charge in [0.25, 0.3) is 17.7 Å². The molecule has 9 fully saturated rings. The van der Waals surface area contributed by atoms with E-state index in [0.29, 0.717) is 102 Å². The fourth-order valence-corrected chi connectivity index (χ4v) is 16.8. The van der Waals surface area contributed by atoms with E-state index in [-0.39, 0.29) is 102 Å². The molecule has 0 unspecified atom stereocenters. The number of piperidine rings is 9. The van der Waals surface area contributed by atoms with Crippen molar-refractivity contribution in [2.24, 2.45) is 17.8 Å². The van der Waals surface area contributed by atoms with E-state index in [0.717, 1.165) is 132 Å². The van der Waals surface area contributed by atoms with E-state index in [1.165, 1.54) is 50.9 Å². The predicted molar refractivity (Wildman–Crippen MR) is 352 cm³/mol. The van der Waals surface area contributed by atoms with Gasteiger partial charge in [-0.15, -0.1) is 0 Å². The van der Waals surface area contributed by atoms with Gasteiger partial charge in [0, 0.05) is 103 Å². The minimum Gasteiger partial charge on any atom is -1.00 e. The Morgan fingerprint density at radius 2 is 0.894 bits per heavy atom. The number of nitrogens with one attached hydrogen (secondary N) is 1. The third-order valence-electron chi connectivity index (χ3n) is 20.9. The Hall–Kier alpha value is -5.32. The van der Waals surface area contributed by atoms with Gasteiger partial charge in [-0.2, -0.15) is 29.1 Å². The number of hydrogen-bond donors (Lipinski definition) is 1. The minimum atomic E-state index is -0.365. The largest absolute Gasteiger partial charge is 2.00 e. The number of halogens is 5. The average molecular weight is 1390 g/mol. The quantitative estimate of drug-likeness (QED) is 0.162. The van der Waals surface area contributed by atoms with Crippen molar-refractivity contribution in [2.45, 2.75) is 103 Å². The minimum absolute atomic E-state index is 0. The summed E-state index contributed by atoms with van der Waals surface area (Å²) in [4.78, 5) is 54.3. The van der Waals surface area contributed by atoms with E-state index in [2.05, 4.69) is 62.8 Å². The molecule has 17 nitrogen and oxygen atoms in total. The van der Waals surface area contributed by atoms with Crippen LogP contribution in [0.15, 0.2) is 89.4 Å². The molecule has 0 aliphatic carbocycles. The van der Waals surface area contributed by atoms with Crippen molar-refractivity contribution in [3.05, 3.63) is 152 Å². The smallest absolute Gasteiger partial charge is 1.00 e. The van der Waals surface area contributed by atoms with Crippen LogP contribution in [0.3, 0.4) is 0 Å². The number of H-pyrrole nitrogens is 1. The number of carbonyl (C=O) groups is 3. The monoisotopic (exact) mass is 1390 g/mol. The Balaban J connectivity index is 0.000000149. The molecule has 0 spiro atoms. The number of aromatic amines is 1. The van der Waals surface area contributed by atoms with Gasteiger partial charge in [0.1, 0.15) is 28.3 Å². The summed E-state index contributed by atoms with van der Waals surface area (Å²) in [5.74, 6) is 2.96. The van der Waals surface area contributed by atoms with Gasteiger partial charge in [-0.1, -0.05) is 24.3 Å². The fraction of sp³-hybridized carbons (Fsp3) is 0.471. The van der Waals surface area contributed by atoms with Gasteiger partial charge in [-0.05, 0) is 183 Å². The third-order valence-corrected chi connectivity index (χ3v) is 21.5. The number of amides is 3. The molecule has 15 heterocycles. The van der Waals surface area contributed by atoms with Gasteiger partial charge in [-0.25, -0.2) is 8.78 Å². The molecule has 20 rings (SSSR count). The summed E-state index contributed by atoms with van der Waals surface area (Å²) in [5.41, 5.74) is 8.60. The molecule has 488 valence electrons. The van der Waals surface area contributed by atoms with Crippen molar-refractivity contribution < 1.29 is 76.3 Å². The molecule has 0 radical (unpaired) electrons. The molecule has 6 bridgehead atoms. The van der Waals surface area contributed by atoms with E-state index >= 15 is 4.39 Å². The maximum atomic E-state index is 15.0. The number of benzene rings is 5. The van der Waals surface area contributed by atoms with Gasteiger partial charge < -0.3 is 70.1 Å². The average Bonchev–Trinajstić information content (AvgIpc) is 1.58. The van der Waals surface area contributed by atoms with Gasteiger partial charge in [0.05, 0.1) is 60.9 Å². The number of fused-ring (bicyclic) bond motifs is 9. The summed E-state index contributed by atoms with van der Waals surface area (Å²) in [7, 11) is 3.31. The van der Waals surface area contributed by atoms with Crippen molar-refractivity contribution in [1.82, 2.24) is 59.2 Å². The molecule has 3 atom stereocenters. The number of carbonyl (C=O) groups excluding carboxylic acids is 3. The SMILES string of the molecule is COc1ccc(Cn2nc3c4c(ccc(Br)c42)C(=O)N([C@@H]2CN4CCC2CC4)CC3)cc1.COc1ccc(Cn2nc3c4c(ccc(F)c42)C(=O)N([C@@H]2CN4CCC2CC4)CC3)cc1.C[CH-]C.O=C1c2ccc(F)c3n[nH]c(c23)CCN1[C@@H]1CN2CCC1CC2.[Cl-].[Cl-].[Li+].[Mg+2]. The molecule has 12 aliphatic rings. The van der Waals surface area contributed by atoms with Gasteiger partial charge in [0.15, 0.2) is 5.82 Å². The maximum Gasteiger partial charge on any atom is 2.00 e. The van der Waals surface area contributed by atoms with Crippen LogP contribution in [-0.4, -0.2) is 211 Å². The molecular formula is C70H80BrCl2F2LiMgN12O5. The first-order valence-corrected chi connectivity index (χ1v) is 33.3. The van der Waals surface area contributed by atoms with Crippen LogP contribution in [0.2, 0.25) is 0 Å². The second kappa shape index (κ2) is 30.6. The fourth-order valence-electron chi connectivity index (χ4n) is 16.2. The number of methoxy groups -OCH3 is 2. The molecule has 8 aromatic rings. The molecular weight excluding hydrogens is 1310 g/mol. The number of ether oxygens (including phenoxy) is 2. The number of nitrogens with zero attached hydrogens (tertiary/aromatic N) is 11. The standard InChI is InChI=1S/C25H27BrN4O2.C25H27FN4O2.C17H19FN4O.C3H7.2ClH.Li.Mg/c2*1-32-18-4-2-16(3-5-18)14-30-24-20(26)7-6-19-23(24)21(27-30)10-13-29(25(19)31)22-15-28-11-8-17(22)9-12-28;18-12-2-1-11-15-13(19-20-16(12)15)5-8-22(17(11)23)14-9-21-6-3-10(14)4-7-21;1-3-2;;;;/h2*2-7,17,22H,8-15H2,1H3;1-2,10,14H,3-9H2,(H,19,20);3H,1-2H3;2*1H;;/q;;;-1;;;+1;+2/p-2/t2*22-;14-;;;;;/m111...../s1. The number of hydrogen-bond acceptors (Lipinski definition) is 11. The Morgan fingerprint density at radius 3 is 1.30 bits per heavy atom. The zero-order valence-corrected chi connectivity index (χ0v) is 59.0. The molecule has 9 saturated heterocycles. The molecule has 3 amide bonds. The van der Waals surface area contributed by atoms with E-state index < -0.39 is 0 Å². The Bertz CT molecular complexity index is 3820. The van der Waals surface area contributed by atoms with Gasteiger partial charge in [-0.3, -0.25) is 28.8 Å². The zero-order chi connectivity index (χ0) is 61.9. The van der Waals surface area contributed by atoms with E-state index in [1.54, 1.807) is 31.0 Å². The van der Waals surface area contributed by atoms with Crippen LogP contribution in [0.4, 0.5) is 8.78 Å². The van der Waals surface area contributed by atoms with Crippen LogP contribution in [0, 0.1) is 35.8 Å². The van der Waals surface area contributed by atoms with E-state index in [1.807, 2.05) is 78.4 Å². The predicted octanol–water partition coefficient (Wildman–Crippen LogP) is 0.929. The third kappa shape index (κ3) is 13.7. The molecule has 0 saturated carbocycles. The van der Waals surface area contributed by atoms with Crippen LogP contribution in [-0.2, 0) is 32.4 Å². The van der Waals surface area contributed by atoms with Crippen molar-refractivity contribution >= 4 is 89.4 Å². The summed E-state index contributed by atoms with van der Waals surface area (Å²) in [6.45, 7) is 17.1. The second-order valence-corrected chi connectivity index (χ2v) is 26.9. The number of aromatic nitrogens is 6. The van der Waals surface area contributed by atoms with Gasteiger partial charge in [0.2, 0.25) is 0 Å². The normalized spacial score (nSPS) is 24.4. The second-order valence-electron chi connectivity index (χ2n) is 26.0. The van der Waals surface area contributed by atoms with E-state index in [9.17, 15) is 18.8 Å². The van der Waals surface area contributed by atoms with E-state index in [4.69, 9.17) is 19.7 Å². The summed E-state index contributed by atoms with van der Waals surface area (Å²) < 4.78 is 44.2. The zero-order valence-electron chi connectivity index (χ0n) is 54.4. The van der Waals surface area contributed by atoms with Crippen molar-refractivity contribution in [3.8, 4) is 11.5 Å². The van der Waals surface area contributed by atoms with Crippen LogP contribution in [0.5, 0.6) is 11.5 Å². The van der Waals surface area contributed by atoms with Crippen molar-refractivity contribution in [2.75, 3.05) is 92.8 Å². The van der Waals surface area contributed by atoms with Crippen LogP contribution < -0.4 is 53.1 Å². The molecule has 94 heavy (non-hydrogen) atoms. The summed E-state index contributed by atoms with van der Waals surface area (Å²) in [6.07, 6.45) is 11.3. The summed E-state index contributed by atoms with van der Waals surface area (Å²) >= 11 is 3.74. The van der Waals surface area contributed by atoms with Crippen LogP contribution in [0.1, 0.15) is 112 Å². The first-order chi connectivity index (χ1) is 43.9. The molecule has 12 aliphatic heterocycles. The maximum absolute atomic E-state index is 15.0. The van der Waals surface area contributed by atoms with Crippen molar-refractivity contribution in [3.63, 3.8) is 0 Å². The summed E-state index contributed by atoms with van der Waals surface area (Å²) in [5, 5.41) is 19.2. The van der Waals surface area contributed by atoms with Gasteiger partial charge >= 0.3 is 41.9 Å². The Kier molecular flexibility index (Phi) is 23.3. The first kappa shape index (κ1) is 71.5. The number of rotatable bonds is 9. The van der Waals surface area contributed by atoms with Crippen molar-refractivity contribution in [1.29, 1.82) is 0 Å². The molecule has 24 heteroatoms. The molecule has 1 N–H and O–H groups in total. The van der Waals surface area contributed by atoms with Crippen LogP contribution in [0.25, 0.3) is 32.7 Å². The molecule has 3 aromatic heterocycles. The summed E-state index contributed by atoms with van der Waals surface area (Å²) in [6, 6.07) is 26.7. The Labute approximate surface area is 597 Å². The van der Waals surface area contributed by atoms with Crippen LogP contribution >= 0.6 is 15.9 Å². The topological polar surface area (TPSA) is 153 Å². The molecule has 5 aromatic carbocycles.